The number of aryl methyl sites for hydroxylation is 1. The molecule has 1 unspecified atom stereocenters. The molecule has 1 fully saturated rings. The number of aromatic hydroxyl groups is 1. The van der Waals surface area contributed by atoms with Crippen molar-refractivity contribution < 1.29 is 13.5 Å². The maximum Gasteiger partial charge on any atom is 0.229 e. The molecule has 0 spiro atoms. The van der Waals surface area contributed by atoms with Crippen LogP contribution in [0, 0.1) is 18.3 Å². The molecule has 148 valence electrons. The Bertz CT molecular complexity index is 1180. The molecule has 1 aliphatic rings. The number of nitrogens with one attached hydrogen (secondary N) is 1. The van der Waals surface area contributed by atoms with Crippen molar-refractivity contribution in [2.45, 2.75) is 33.7 Å². The second-order valence-electron chi connectivity index (χ2n) is 8.71. The molecule has 2 N–H and O–H groups in total. The Morgan fingerprint density at radius 1 is 1.21 bits per heavy atom. The van der Waals surface area contributed by atoms with E-state index in [0.29, 0.717) is 22.9 Å². The van der Waals surface area contributed by atoms with Crippen molar-refractivity contribution in [2.75, 3.05) is 11.0 Å². The molecule has 1 aliphatic carbocycles. The van der Waals surface area contributed by atoms with Crippen LogP contribution < -0.4 is 4.72 Å². The van der Waals surface area contributed by atoms with Gasteiger partial charge in [0.2, 0.25) is 10.0 Å². The molecular formula is C22H26N2O3S. The van der Waals surface area contributed by atoms with Gasteiger partial charge in [-0.05, 0) is 59.6 Å². The van der Waals surface area contributed by atoms with Crippen LogP contribution in [0.2, 0.25) is 0 Å². The van der Waals surface area contributed by atoms with Crippen LogP contribution in [0.5, 0.6) is 5.88 Å². The first-order chi connectivity index (χ1) is 13.0. The van der Waals surface area contributed by atoms with Crippen LogP contribution in [-0.4, -0.2) is 24.3 Å². The van der Waals surface area contributed by atoms with Gasteiger partial charge in [-0.1, -0.05) is 32.0 Å². The van der Waals surface area contributed by atoms with E-state index in [2.05, 4.69) is 24.6 Å². The summed E-state index contributed by atoms with van der Waals surface area (Å²) in [5, 5.41) is 12.6. The zero-order valence-corrected chi connectivity index (χ0v) is 17.5. The zero-order valence-electron chi connectivity index (χ0n) is 16.7. The van der Waals surface area contributed by atoms with Gasteiger partial charge in [-0.15, -0.1) is 0 Å². The summed E-state index contributed by atoms with van der Waals surface area (Å²) in [4.78, 5) is 0. The highest BCUT2D eigenvalue weighted by atomic mass is 32.2. The average molecular weight is 399 g/mol. The quantitative estimate of drug-likeness (QED) is 0.652. The number of fused-ring (bicyclic) bond motifs is 1. The van der Waals surface area contributed by atoms with Crippen molar-refractivity contribution >= 4 is 26.5 Å². The second-order valence-corrected chi connectivity index (χ2v) is 10.5. The van der Waals surface area contributed by atoms with Crippen molar-refractivity contribution in [1.82, 2.24) is 4.57 Å². The van der Waals surface area contributed by atoms with E-state index in [0.717, 1.165) is 40.3 Å². The maximum atomic E-state index is 11.5. The first-order valence-electron chi connectivity index (χ1n) is 9.44. The van der Waals surface area contributed by atoms with Crippen LogP contribution >= 0.6 is 0 Å². The fourth-order valence-electron chi connectivity index (χ4n) is 4.00. The average Bonchev–Trinajstić information content (AvgIpc) is 3.04. The van der Waals surface area contributed by atoms with Gasteiger partial charge in [-0.25, -0.2) is 8.42 Å². The van der Waals surface area contributed by atoms with E-state index >= 15 is 0 Å². The van der Waals surface area contributed by atoms with Crippen LogP contribution in [-0.2, 0) is 16.6 Å². The standard InChI is InChI=1S/C22H26N2O3S/c1-14-8-16(15-6-5-7-19(10-15)23-28(4,26)27)9-17-12-24(21(25)20(14)17)13-18-11-22(18,2)3/h5-10,12,18,23,25H,11,13H2,1-4H3. The lowest BCUT2D eigenvalue weighted by Gasteiger charge is -2.09. The van der Waals surface area contributed by atoms with Crippen molar-refractivity contribution in [3.63, 3.8) is 0 Å². The number of hydrogen-bond donors (Lipinski definition) is 2. The zero-order chi connectivity index (χ0) is 20.3. The summed E-state index contributed by atoms with van der Waals surface area (Å²) in [7, 11) is -3.32. The summed E-state index contributed by atoms with van der Waals surface area (Å²) in [6, 6.07) is 11.4. The van der Waals surface area contributed by atoms with Crippen LogP contribution in [0.3, 0.4) is 0 Å². The van der Waals surface area contributed by atoms with E-state index in [9.17, 15) is 13.5 Å². The van der Waals surface area contributed by atoms with Crippen molar-refractivity contribution in [3.8, 4) is 17.0 Å². The normalized spacial score (nSPS) is 18.4. The van der Waals surface area contributed by atoms with E-state index in [1.54, 1.807) is 6.07 Å². The third kappa shape index (κ3) is 3.61. The molecule has 1 saturated carbocycles. The maximum absolute atomic E-state index is 11.5. The van der Waals surface area contributed by atoms with Gasteiger partial charge in [0, 0.05) is 29.2 Å². The largest absolute Gasteiger partial charge is 0.494 e. The predicted molar refractivity (Wildman–Crippen MR) is 114 cm³/mol. The number of sulfonamides is 1. The molecule has 1 heterocycles. The summed E-state index contributed by atoms with van der Waals surface area (Å²) in [6.07, 6.45) is 4.35. The van der Waals surface area contributed by atoms with Crippen molar-refractivity contribution in [2.24, 2.45) is 11.3 Å². The lowest BCUT2D eigenvalue weighted by Crippen LogP contribution is -2.09. The smallest absolute Gasteiger partial charge is 0.229 e. The van der Waals surface area contributed by atoms with Crippen molar-refractivity contribution in [3.05, 3.63) is 48.2 Å². The van der Waals surface area contributed by atoms with Gasteiger partial charge in [0.25, 0.3) is 0 Å². The van der Waals surface area contributed by atoms with E-state index < -0.39 is 10.0 Å². The number of rotatable bonds is 5. The van der Waals surface area contributed by atoms with Gasteiger partial charge in [0.1, 0.15) is 0 Å². The monoisotopic (exact) mass is 398 g/mol. The van der Waals surface area contributed by atoms with E-state index in [1.165, 1.54) is 6.42 Å². The molecule has 3 aromatic rings. The van der Waals surface area contributed by atoms with Gasteiger partial charge < -0.3 is 9.67 Å². The molecule has 5 nitrogen and oxygen atoms in total. The number of nitrogens with zero attached hydrogens (tertiary/aromatic N) is 1. The highest BCUT2D eigenvalue weighted by Gasteiger charge is 2.45. The lowest BCUT2D eigenvalue weighted by molar-refractivity contribution is 0.401. The molecular weight excluding hydrogens is 372 g/mol. The van der Waals surface area contributed by atoms with E-state index in [4.69, 9.17) is 0 Å². The fraction of sp³-hybridized carbons (Fsp3) is 0.364. The van der Waals surface area contributed by atoms with Gasteiger partial charge in [-0.3, -0.25) is 4.72 Å². The van der Waals surface area contributed by atoms with Gasteiger partial charge in [-0.2, -0.15) is 0 Å². The molecule has 2 aromatic carbocycles. The molecule has 1 atom stereocenters. The molecule has 0 saturated heterocycles. The summed E-state index contributed by atoms with van der Waals surface area (Å²) in [5.41, 5.74) is 3.81. The number of anilines is 1. The Labute approximate surface area is 166 Å². The fourth-order valence-corrected chi connectivity index (χ4v) is 4.56. The third-order valence-electron chi connectivity index (χ3n) is 5.79. The minimum atomic E-state index is -3.32. The molecule has 6 heteroatoms. The summed E-state index contributed by atoms with van der Waals surface area (Å²) < 4.78 is 27.5. The number of aromatic nitrogens is 1. The summed E-state index contributed by atoms with van der Waals surface area (Å²) >= 11 is 0. The molecule has 0 aliphatic heterocycles. The van der Waals surface area contributed by atoms with Gasteiger partial charge >= 0.3 is 0 Å². The Balaban J connectivity index is 1.72. The minimum absolute atomic E-state index is 0.328. The van der Waals surface area contributed by atoms with E-state index in [1.807, 2.05) is 42.0 Å². The first-order valence-corrected chi connectivity index (χ1v) is 11.3. The first kappa shape index (κ1) is 18.9. The Morgan fingerprint density at radius 2 is 1.93 bits per heavy atom. The molecule has 0 amide bonds. The van der Waals surface area contributed by atoms with Crippen LogP contribution in [0.25, 0.3) is 21.9 Å². The van der Waals surface area contributed by atoms with Gasteiger partial charge in [0.15, 0.2) is 5.88 Å². The SMILES string of the molecule is Cc1cc(-c2cccc(NS(C)(=O)=O)c2)cc2cn(CC3CC3(C)C)c(O)c12. The Morgan fingerprint density at radius 3 is 2.57 bits per heavy atom. The predicted octanol–water partition coefficient (Wildman–Crippen LogP) is 4.74. The topological polar surface area (TPSA) is 71.3 Å². The molecule has 0 radical (unpaired) electrons. The van der Waals surface area contributed by atoms with Crippen LogP contribution in [0.1, 0.15) is 25.8 Å². The summed E-state index contributed by atoms with van der Waals surface area (Å²) in [6.45, 7) is 7.35. The summed E-state index contributed by atoms with van der Waals surface area (Å²) in [5.74, 6) is 0.924. The number of hydrogen-bond acceptors (Lipinski definition) is 3. The van der Waals surface area contributed by atoms with E-state index in [-0.39, 0.29) is 0 Å². The molecule has 0 bridgehead atoms. The molecule has 1 aromatic heterocycles. The van der Waals surface area contributed by atoms with Crippen molar-refractivity contribution in [1.29, 1.82) is 0 Å². The highest BCUT2D eigenvalue weighted by Crippen LogP contribution is 2.53. The minimum Gasteiger partial charge on any atom is -0.494 e. The van der Waals surface area contributed by atoms with Crippen LogP contribution in [0.4, 0.5) is 5.69 Å². The number of benzene rings is 2. The second kappa shape index (κ2) is 6.27. The molecule has 28 heavy (non-hydrogen) atoms. The molecule has 4 rings (SSSR count). The lowest BCUT2D eigenvalue weighted by atomic mass is 9.99. The third-order valence-corrected chi connectivity index (χ3v) is 6.40. The highest BCUT2D eigenvalue weighted by molar-refractivity contribution is 7.92. The van der Waals surface area contributed by atoms with Gasteiger partial charge in [0.05, 0.1) is 6.26 Å². The Hall–Kier alpha value is -2.47. The Kier molecular flexibility index (Phi) is 4.23. The van der Waals surface area contributed by atoms with Crippen LogP contribution in [0.15, 0.2) is 42.6 Å².